The predicted molar refractivity (Wildman–Crippen MR) is 144 cm³/mol. The van der Waals surface area contributed by atoms with Crippen LogP contribution in [0.4, 0.5) is 10.1 Å². The smallest absolute Gasteiger partial charge is 0.256 e. The van der Waals surface area contributed by atoms with Gasteiger partial charge in [-0.15, -0.1) is 0 Å². The van der Waals surface area contributed by atoms with Gasteiger partial charge in [-0.3, -0.25) is 19.0 Å². The molecule has 0 aliphatic carbocycles. The van der Waals surface area contributed by atoms with E-state index in [1.165, 1.54) is 11.1 Å². The molecule has 0 saturated heterocycles. The maximum Gasteiger partial charge on any atom is 0.256 e. The second-order valence-electron chi connectivity index (χ2n) is 9.37. The third-order valence-corrected chi connectivity index (χ3v) is 6.71. The number of hydrazine groups is 1. The van der Waals surface area contributed by atoms with Gasteiger partial charge in [-0.2, -0.15) is 0 Å². The Morgan fingerprint density at radius 2 is 1.78 bits per heavy atom. The fourth-order valence-corrected chi connectivity index (χ4v) is 4.57. The summed E-state index contributed by atoms with van der Waals surface area (Å²) in [6, 6.07) is 12.0. The largest absolute Gasteiger partial charge is 0.356 e. The van der Waals surface area contributed by atoms with Crippen LogP contribution in [0.2, 0.25) is 0 Å². The number of hydrogen-bond acceptors (Lipinski definition) is 6. The molecular weight excluding hydrogens is 473 g/mol. The molecule has 1 N–H and O–H groups in total. The summed E-state index contributed by atoms with van der Waals surface area (Å²) in [5, 5.41) is 11.5. The fourth-order valence-electron chi connectivity index (χ4n) is 4.57. The number of likely N-dealkylation sites (N-methyl/N-ethyl adjacent to an activating group) is 1. The summed E-state index contributed by atoms with van der Waals surface area (Å²) in [7, 11) is 1.77. The number of benzene rings is 2. The van der Waals surface area contributed by atoms with Crippen molar-refractivity contribution < 1.29 is 18.5 Å². The fraction of sp³-hybridized carbons (Fsp3) is 0.464. The van der Waals surface area contributed by atoms with Gasteiger partial charge in [-0.1, -0.05) is 36.8 Å². The van der Waals surface area contributed by atoms with Crippen LogP contribution in [0.3, 0.4) is 0 Å². The van der Waals surface area contributed by atoms with Gasteiger partial charge in [0.2, 0.25) is 5.91 Å². The number of fused-ring (bicyclic) bond motifs is 2. The zero-order chi connectivity index (χ0) is 25.7. The molecule has 1 aliphatic rings. The van der Waals surface area contributed by atoms with Gasteiger partial charge in [0.25, 0.3) is 5.91 Å². The summed E-state index contributed by atoms with van der Waals surface area (Å²) in [5.74, 6) is -0.306. The van der Waals surface area contributed by atoms with Crippen molar-refractivity contribution in [3.8, 4) is 0 Å². The van der Waals surface area contributed by atoms with E-state index in [-0.39, 0.29) is 39.0 Å². The molecule has 0 atom stereocenters. The van der Waals surface area contributed by atoms with E-state index >= 15 is 0 Å². The minimum absolute atomic E-state index is 0. The van der Waals surface area contributed by atoms with E-state index in [1.807, 2.05) is 43.1 Å². The molecule has 2 heterocycles. The van der Waals surface area contributed by atoms with Crippen molar-refractivity contribution in [2.45, 2.75) is 53.6 Å². The summed E-state index contributed by atoms with van der Waals surface area (Å²) in [5.41, 5.74) is 5.50. The summed E-state index contributed by atoms with van der Waals surface area (Å²) in [4.78, 5) is 28.0. The number of aromatic nitrogens is 1. The maximum absolute atomic E-state index is 13.4. The number of anilines is 1. The van der Waals surface area contributed by atoms with Gasteiger partial charge >= 0.3 is 0 Å². The van der Waals surface area contributed by atoms with Crippen molar-refractivity contribution in [3.63, 3.8) is 0 Å². The summed E-state index contributed by atoms with van der Waals surface area (Å²) in [6.45, 7) is 5.34. The second-order valence-corrected chi connectivity index (χ2v) is 9.37. The molecule has 8 nitrogen and oxygen atoms in total. The zero-order valence-corrected chi connectivity index (χ0v) is 21.2. The van der Waals surface area contributed by atoms with Crippen molar-refractivity contribution in [3.05, 3.63) is 58.8 Å². The monoisotopic (exact) mass is 511 g/mol. The molecule has 0 saturated carbocycles. The number of nitrogens with zero attached hydrogens (tertiary/aromatic N) is 4. The lowest BCUT2D eigenvalue weighted by atomic mass is 10.1. The van der Waals surface area contributed by atoms with Crippen LogP contribution >= 0.6 is 0 Å². The molecule has 2 amide bonds. The highest BCUT2D eigenvalue weighted by Gasteiger charge is 2.27. The van der Waals surface area contributed by atoms with Gasteiger partial charge in [0.1, 0.15) is 0 Å². The first kappa shape index (κ1) is 28.1. The average molecular weight is 512 g/mol. The SMILES string of the molecule is C.Cc1cc2c(C)noc2cc1N(CC(=O)NCCCCCF)CC(=O)N(C)N1Cc2ccccc2C1. The Balaban J connectivity index is 0.00000380. The Hall–Kier alpha value is -3.46. The van der Waals surface area contributed by atoms with Crippen LogP contribution in [-0.4, -0.2) is 60.3 Å². The molecule has 3 aromatic rings. The maximum atomic E-state index is 13.4. The van der Waals surface area contributed by atoms with Crippen molar-refractivity contribution in [2.24, 2.45) is 0 Å². The highest BCUT2D eigenvalue weighted by atomic mass is 19.1. The van der Waals surface area contributed by atoms with Gasteiger partial charge in [0.05, 0.1) is 25.5 Å². The molecule has 1 aromatic heterocycles. The Morgan fingerprint density at radius 3 is 2.46 bits per heavy atom. The lowest BCUT2D eigenvalue weighted by Gasteiger charge is -2.31. The van der Waals surface area contributed by atoms with Gasteiger partial charge in [0.15, 0.2) is 5.58 Å². The van der Waals surface area contributed by atoms with Gasteiger partial charge in [0, 0.05) is 43.8 Å². The van der Waals surface area contributed by atoms with Crippen molar-refractivity contribution >= 4 is 28.5 Å². The lowest BCUT2D eigenvalue weighted by Crippen LogP contribution is -2.48. The summed E-state index contributed by atoms with van der Waals surface area (Å²) in [6.07, 6.45) is 1.94. The van der Waals surface area contributed by atoms with E-state index in [0.29, 0.717) is 31.6 Å². The standard InChI is InChI=1S/C27H34FN5O3.CH4/c1-19-13-23-20(2)30-36-25(23)14-24(19)32(17-26(34)29-12-8-4-7-11-28)18-27(35)31(3)33-15-21-9-5-6-10-22(21)16-33;/h5-6,9-10,13-14H,4,7-8,11-12,15-18H2,1-3H3,(H,29,34);1H4. The number of nitrogens with one attached hydrogen (secondary N) is 1. The second kappa shape index (κ2) is 12.7. The predicted octanol–water partition coefficient (Wildman–Crippen LogP) is 4.53. The third-order valence-electron chi connectivity index (χ3n) is 6.71. The molecule has 0 unspecified atom stereocenters. The number of aryl methyl sites for hydroxylation is 2. The third kappa shape index (κ3) is 6.65. The molecule has 0 radical (unpaired) electrons. The molecule has 2 aromatic carbocycles. The van der Waals surface area contributed by atoms with E-state index in [0.717, 1.165) is 35.2 Å². The van der Waals surface area contributed by atoms with Crippen molar-refractivity contribution in [1.29, 1.82) is 0 Å². The number of unbranched alkanes of at least 4 members (excludes halogenated alkanes) is 2. The van der Waals surface area contributed by atoms with Crippen LogP contribution in [-0.2, 0) is 22.7 Å². The molecular formula is C28H38FN5O3. The van der Waals surface area contributed by atoms with Crippen LogP contribution in [0.15, 0.2) is 40.9 Å². The number of carbonyl (C=O) groups is 2. The highest BCUT2D eigenvalue weighted by Crippen LogP contribution is 2.29. The van der Waals surface area contributed by atoms with Gasteiger partial charge in [-0.05, 0) is 55.9 Å². The van der Waals surface area contributed by atoms with E-state index in [9.17, 15) is 14.0 Å². The molecule has 37 heavy (non-hydrogen) atoms. The van der Waals surface area contributed by atoms with E-state index < -0.39 is 0 Å². The number of hydrogen-bond donors (Lipinski definition) is 1. The van der Waals surface area contributed by atoms with Crippen LogP contribution < -0.4 is 10.2 Å². The summed E-state index contributed by atoms with van der Waals surface area (Å²) >= 11 is 0. The minimum atomic E-state index is -0.345. The topological polar surface area (TPSA) is 81.9 Å². The van der Waals surface area contributed by atoms with Crippen molar-refractivity contribution in [2.75, 3.05) is 38.3 Å². The average Bonchev–Trinajstić information content (AvgIpc) is 3.46. The first-order chi connectivity index (χ1) is 17.4. The molecule has 4 rings (SSSR count). The number of alkyl halides is 1. The van der Waals surface area contributed by atoms with E-state index in [4.69, 9.17) is 4.52 Å². The van der Waals surface area contributed by atoms with Crippen LogP contribution in [0, 0.1) is 13.8 Å². The quantitative estimate of drug-likeness (QED) is 0.381. The lowest BCUT2D eigenvalue weighted by molar-refractivity contribution is -0.145. The Bertz CT molecular complexity index is 1200. The van der Waals surface area contributed by atoms with Crippen LogP contribution in [0.5, 0.6) is 0 Å². The first-order valence-corrected chi connectivity index (χ1v) is 12.4. The van der Waals surface area contributed by atoms with Crippen molar-refractivity contribution in [1.82, 2.24) is 20.5 Å². The minimum Gasteiger partial charge on any atom is -0.356 e. The van der Waals surface area contributed by atoms with Crippen LogP contribution in [0.25, 0.3) is 11.0 Å². The van der Waals surface area contributed by atoms with E-state index in [2.05, 4.69) is 22.6 Å². The molecule has 9 heteroatoms. The first-order valence-electron chi connectivity index (χ1n) is 12.4. The van der Waals surface area contributed by atoms with E-state index in [1.54, 1.807) is 17.0 Å². The molecule has 1 aliphatic heterocycles. The number of rotatable bonds is 11. The molecule has 0 bridgehead atoms. The normalized spacial score (nSPS) is 12.8. The summed E-state index contributed by atoms with van der Waals surface area (Å²) < 4.78 is 17.8. The van der Waals surface area contributed by atoms with Gasteiger partial charge < -0.3 is 14.7 Å². The number of halogens is 1. The molecule has 200 valence electrons. The zero-order valence-electron chi connectivity index (χ0n) is 21.2. The van der Waals surface area contributed by atoms with Crippen LogP contribution in [0.1, 0.15) is 49.1 Å². The number of amides is 2. The Labute approximate surface area is 218 Å². The Morgan fingerprint density at radius 1 is 1.08 bits per heavy atom. The van der Waals surface area contributed by atoms with Gasteiger partial charge in [-0.25, -0.2) is 5.01 Å². The highest BCUT2D eigenvalue weighted by molar-refractivity contribution is 5.90. The number of carbonyl (C=O) groups excluding carboxylic acids is 2. The molecule has 0 fully saturated rings. The molecule has 0 spiro atoms. The Kier molecular flexibility index (Phi) is 9.63.